The first-order valence-corrected chi connectivity index (χ1v) is 32.9. The Morgan fingerprint density at radius 2 is 0.500 bits per heavy atom. The predicted molar refractivity (Wildman–Crippen MR) is 339 cm³/mol. The van der Waals surface area contributed by atoms with Crippen LogP contribution in [0.15, 0.2) is 109 Å². The topological polar surface area (TPSA) is 78.9 Å². The molecule has 0 radical (unpaired) electrons. The van der Waals surface area contributed by atoms with Crippen LogP contribution in [0.25, 0.3) is 0 Å². The first kappa shape index (κ1) is 74.1. The van der Waals surface area contributed by atoms with Crippen LogP contribution in [0, 0.1) is 0 Å². The molecular weight excluding hydrogens is 961 g/mol. The Kier molecular flexibility index (Phi) is 62.3. The van der Waals surface area contributed by atoms with Crippen molar-refractivity contribution in [2.75, 3.05) is 13.2 Å². The lowest BCUT2D eigenvalue weighted by molar-refractivity contribution is -0.167. The van der Waals surface area contributed by atoms with Gasteiger partial charge in [0.25, 0.3) is 0 Å². The van der Waals surface area contributed by atoms with Gasteiger partial charge >= 0.3 is 17.9 Å². The molecule has 0 aromatic rings. The number of unbranched alkanes of at least 4 members (excludes halogenated alkanes) is 30. The number of hydrogen-bond donors (Lipinski definition) is 0. The van der Waals surface area contributed by atoms with Gasteiger partial charge in [0.15, 0.2) is 6.10 Å². The van der Waals surface area contributed by atoms with Gasteiger partial charge < -0.3 is 14.2 Å². The highest BCUT2D eigenvalue weighted by molar-refractivity contribution is 5.71. The molecule has 1 atom stereocenters. The number of carbonyl (C=O) groups excluding carboxylic acids is 3. The van der Waals surface area contributed by atoms with Crippen LogP contribution in [0.2, 0.25) is 0 Å². The summed E-state index contributed by atoms with van der Waals surface area (Å²) in [6, 6.07) is 0. The van der Waals surface area contributed by atoms with Crippen LogP contribution in [0.5, 0.6) is 0 Å². The maximum Gasteiger partial charge on any atom is 0.306 e. The lowest BCUT2D eigenvalue weighted by Gasteiger charge is -2.18. The molecule has 0 amide bonds. The van der Waals surface area contributed by atoms with E-state index >= 15 is 0 Å². The summed E-state index contributed by atoms with van der Waals surface area (Å²) in [7, 11) is 0. The minimum absolute atomic E-state index is 0.0917. The maximum absolute atomic E-state index is 12.9. The molecule has 0 fully saturated rings. The summed E-state index contributed by atoms with van der Waals surface area (Å²) in [6.07, 6.45) is 89.5. The van der Waals surface area contributed by atoms with Gasteiger partial charge in [0, 0.05) is 19.3 Å². The molecule has 6 nitrogen and oxygen atoms in total. The van der Waals surface area contributed by atoms with Gasteiger partial charge in [0.2, 0.25) is 0 Å². The molecule has 78 heavy (non-hydrogen) atoms. The number of rotatable bonds is 59. The molecule has 0 N–H and O–H groups in total. The highest BCUT2D eigenvalue weighted by Crippen LogP contribution is 2.16. The summed E-state index contributed by atoms with van der Waals surface area (Å²) >= 11 is 0. The van der Waals surface area contributed by atoms with Crippen LogP contribution in [-0.2, 0) is 28.6 Å². The first-order chi connectivity index (χ1) is 38.5. The second-order valence-corrected chi connectivity index (χ2v) is 21.6. The third-order valence-electron chi connectivity index (χ3n) is 14.0. The van der Waals surface area contributed by atoms with Crippen LogP contribution in [0.3, 0.4) is 0 Å². The highest BCUT2D eigenvalue weighted by Gasteiger charge is 2.19. The Bertz CT molecular complexity index is 1570. The fourth-order valence-electron chi connectivity index (χ4n) is 9.10. The zero-order chi connectivity index (χ0) is 56.4. The van der Waals surface area contributed by atoms with Gasteiger partial charge in [-0.1, -0.05) is 291 Å². The quantitative estimate of drug-likeness (QED) is 0.0261. The van der Waals surface area contributed by atoms with Gasteiger partial charge in [-0.3, -0.25) is 14.4 Å². The first-order valence-electron chi connectivity index (χ1n) is 32.9. The van der Waals surface area contributed by atoms with Crippen LogP contribution in [-0.4, -0.2) is 37.2 Å². The standard InChI is InChI=1S/C72H122O6/c1-4-7-10-13-16-19-22-25-28-31-33-34-35-36-37-38-39-42-44-47-50-53-56-59-62-65-71(74)77-68-69(67-76-70(73)64-61-58-55-52-49-46-43-40-30-27-24-21-18-15-12-9-6-3)78-72(75)66-63-60-57-54-51-48-45-41-32-29-26-23-20-17-14-11-8-5-2/h7,10,16,18-19,21,25,27-28,30,33-34,36-37,39,42,47,50,69H,4-6,8-9,11-15,17,20,22-24,26,29,31-32,35,38,40-41,43-46,48-49,51-68H2,1-3H3/b10-7-,19-16-,21-18-,28-25-,30-27-,34-33-,37-36-,42-39-,50-47-. The fraction of sp³-hybridized carbons (Fsp3) is 0.708. The average molecular weight is 1080 g/mol. The van der Waals surface area contributed by atoms with Crippen LogP contribution < -0.4 is 0 Å². The smallest absolute Gasteiger partial charge is 0.306 e. The van der Waals surface area contributed by atoms with Gasteiger partial charge in [0.1, 0.15) is 13.2 Å². The highest BCUT2D eigenvalue weighted by atomic mass is 16.6. The van der Waals surface area contributed by atoms with Gasteiger partial charge in [0.05, 0.1) is 0 Å². The Balaban J connectivity index is 4.44. The van der Waals surface area contributed by atoms with Gasteiger partial charge in [-0.25, -0.2) is 0 Å². The second kappa shape index (κ2) is 65.6. The SMILES string of the molecule is CC/C=C\C/C=C\C/C=C\C/C=C\C/C=C\C/C=C\C/C=C\CCCCCC(=O)OCC(COC(=O)CCCCCCCCC/C=C\C/C=C\CCCCC)OC(=O)CCCCCCCCCCCCCCCCCCCC. The summed E-state index contributed by atoms with van der Waals surface area (Å²) in [5, 5.41) is 0. The number of hydrogen-bond acceptors (Lipinski definition) is 6. The third-order valence-corrected chi connectivity index (χ3v) is 14.0. The summed E-state index contributed by atoms with van der Waals surface area (Å²) in [4.78, 5) is 38.4. The zero-order valence-electron chi connectivity index (χ0n) is 51.2. The van der Waals surface area contributed by atoms with Crippen molar-refractivity contribution in [1.82, 2.24) is 0 Å². The van der Waals surface area contributed by atoms with E-state index in [1.807, 2.05) is 0 Å². The van der Waals surface area contributed by atoms with Crippen molar-refractivity contribution < 1.29 is 28.6 Å². The molecule has 6 heteroatoms. The Morgan fingerprint density at radius 3 is 0.821 bits per heavy atom. The summed E-state index contributed by atoms with van der Waals surface area (Å²) < 4.78 is 16.9. The summed E-state index contributed by atoms with van der Waals surface area (Å²) in [5.41, 5.74) is 0. The summed E-state index contributed by atoms with van der Waals surface area (Å²) in [5.74, 6) is -0.921. The molecule has 0 bridgehead atoms. The van der Waals surface area contributed by atoms with E-state index in [2.05, 4.69) is 130 Å². The van der Waals surface area contributed by atoms with Crippen LogP contribution in [0.1, 0.15) is 310 Å². The zero-order valence-corrected chi connectivity index (χ0v) is 51.2. The van der Waals surface area contributed by atoms with Crippen molar-refractivity contribution in [1.29, 1.82) is 0 Å². The summed E-state index contributed by atoms with van der Waals surface area (Å²) in [6.45, 7) is 6.50. The predicted octanol–water partition coefficient (Wildman–Crippen LogP) is 22.6. The van der Waals surface area contributed by atoms with E-state index in [4.69, 9.17) is 14.2 Å². The number of esters is 3. The van der Waals surface area contributed by atoms with E-state index < -0.39 is 6.10 Å². The second-order valence-electron chi connectivity index (χ2n) is 21.6. The number of allylic oxidation sites excluding steroid dienone is 18. The lowest BCUT2D eigenvalue weighted by atomic mass is 10.0. The van der Waals surface area contributed by atoms with Gasteiger partial charge in [-0.15, -0.1) is 0 Å². The molecule has 0 aromatic carbocycles. The van der Waals surface area contributed by atoms with E-state index in [1.165, 1.54) is 148 Å². The Hall–Kier alpha value is -3.93. The molecule has 0 saturated carbocycles. The lowest BCUT2D eigenvalue weighted by Crippen LogP contribution is -2.30. The molecule has 0 heterocycles. The molecule has 0 spiro atoms. The van der Waals surface area contributed by atoms with Crippen molar-refractivity contribution >= 4 is 17.9 Å². The molecule has 0 aliphatic rings. The van der Waals surface area contributed by atoms with E-state index in [0.29, 0.717) is 19.3 Å². The van der Waals surface area contributed by atoms with E-state index in [1.54, 1.807) is 0 Å². The van der Waals surface area contributed by atoms with Crippen molar-refractivity contribution in [3.05, 3.63) is 109 Å². The molecule has 1 unspecified atom stereocenters. The van der Waals surface area contributed by atoms with Crippen LogP contribution >= 0.6 is 0 Å². The number of carbonyl (C=O) groups is 3. The van der Waals surface area contributed by atoms with E-state index in [0.717, 1.165) is 122 Å². The average Bonchev–Trinajstić information content (AvgIpc) is 3.44. The minimum Gasteiger partial charge on any atom is -0.462 e. The fourth-order valence-corrected chi connectivity index (χ4v) is 9.10. The monoisotopic (exact) mass is 1080 g/mol. The molecule has 0 rings (SSSR count). The molecule has 0 aliphatic carbocycles. The maximum atomic E-state index is 12.9. The van der Waals surface area contributed by atoms with Crippen molar-refractivity contribution in [3.8, 4) is 0 Å². The van der Waals surface area contributed by atoms with Crippen molar-refractivity contribution in [2.24, 2.45) is 0 Å². The number of ether oxygens (including phenoxy) is 3. The molecule has 0 aliphatic heterocycles. The Labute approximate surface area is 482 Å². The van der Waals surface area contributed by atoms with Gasteiger partial charge in [-0.2, -0.15) is 0 Å². The minimum atomic E-state index is -0.797. The van der Waals surface area contributed by atoms with E-state index in [9.17, 15) is 14.4 Å². The molecule has 0 aromatic heterocycles. The Morgan fingerprint density at radius 1 is 0.269 bits per heavy atom. The molecule has 446 valence electrons. The third kappa shape index (κ3) is 62.9. The van der Waals surface area contributed by atoms with Gasteiger partial charge in [-0.05, 0) is 109 Å². The van der Waals surface area contributed by atoms with Crippen LogP contribution in [0.4, 0.5) is 0 Å². The molecule has 0 saturated heterocycles. The molecular formula is C72H122O6. The van der Waals surface area contributed by atoms with E-state index in [-0.39, 0.29) is 31.1 Å². The normalized spacial score (nSPS) is 12.8. The van der Waals surface area contributed by atoms with Crippen molar-refractivity contribution in [2.45, 2.75) is 316 Å². The van der Waals surface area contributed by atoms with Crippen molar-refractivity contribution in [3.63, 3.8) is 0 Å². The largest absolute Gasteiger partial charge is 0.462 e.